The molecular weight excluding hydrogens is 250 g/mol. The summed E-state index contributed by atoms with van der Waals surface area (Å²) in [7, 11) is 1.30. The minimum absolute atomic E-state index is 0.184. The van der Waals surface area contributed by atoms with Gasteiger partial charge in [0.15, 0.2) is 11.5 Å². The summed E-state index contributed by atoms with van der Waals surface area (Å²) in [4.78, 5) is 11.6. The van der Waals surface area contributed by atoms with Crippen LogP contribution in [0.2, 0.25) is 0 Å². The summed E-state index contributed by atoms with van der Waals surface area (Å²) in [6.45, 7) is 2.56. The first-order valence-corrected chi connectivity index (χ1v) is 5.78. The largest absolute Gasteiger partial charge is 0.464 e. The molecule has 102 valence electrons. The van der Waals surface area contributed by atoms with Gasteiger partial charge in [0.25, 0.3) is 0 Å². The zero-order valence-electron chi connectivity index (χ0n) is 10.8. The second-order valence-electron chi connectivity index (χ2n) is 4.01. The second kappa shape index (κ2) is 5.61. The van der Waals surface area contributed by atoms with E-state index in [1.165, 1.54) is 7.11 Å². The summed E-state index contributed by atoms with van der Waals surface area (Å²) in [6.07, 6.45) is 0.477. The van der Waals surface area contributed by atoms with Gasteiger partial charge in [-0.1, -0.05) is 10.4 Å². The molecule has 2 N–H and O–H groups in total. The summed E-state index contributed by atoms with van der Waals surface area (Å²) < 4.78 is 11.3. The Labute approximate surface area is 109 Å². The summed E-state index contributed by atoms with van der Waals surface area (Å²) in [5.74, 6) is 0.112. The molecule has 2 aromatic rings. The summed E-state index contributed by atoms with van der Waals surface area (Å²) in [5, 5.41) is 11.6. The molecule has 0 spiro atoms. The number of rotatable bonds is 5. The van der Waals surface area contributed by atoms with Gasteiger partial charge in [0.05, 0.1) is 18.5 Å². The molecule has 2 rings (SSSR count). The maximum absolute atomic E-state index is 11.6. The average Bonchev–Trinajstić information content (AvgIpc) is 2.97. The Bertz CT molecular complexity index is 575. The van der Waals surface area contributed by atoms with Crippen LogP contribution in [-0.4, -0.2) is 39.8 Å². The average molecular weight is 265 g/mol. The van der Waals surface area contributed by atoms with Gasteiger partial charge in [-0.15, -0.1) is 5.10 Å². The highest BCUT2D eigenvalue weighted by Crippen LogP contribution is 2.11. The highest BCUT2D eigenvalue weighted by atomic mass is 16.5. The van der Waals surface area contributed by atoms with Crippen LogP contribution in [-0.2, 0) is 17.7 Å². The van der Waals surface area contributed by atoms with Crippen molar-refractivity contribution in [1.82, 2.24) is 20.2 Å². The summed E-state index contributed by atoms with van der Waals surface area (Å²) >= 11 is 0. The Morgan fingerprint density at radius 1 is 1.58 bits per heavy atom. The van der Waals surface area contributed by atoms with Crippen molar-refractivity contribution >= 4 is 5.97 Å². The molecule has 0 bridgehead atoms. The first-order valence-electron chi connectivity index (χ1n) is 5.78. The van der Waals surface area contributed by atoms with Crippen molar-refractivity contribution in [1.29, 1.82) is 0 Å². The van der Waals surface area contributed by atoms with E-state index in [1.807, 2.05) is 6.92 Å². The first kappa shape index (κ1) is 13.2. The number of nitrogens with two attached hydrogens (primary N) is 1. The van der Waals surface area contributed by atoms with Crippen molar-refractivity contribution in [3.05, 3.63) is 28.9 Å². The molecule has 0 aliphatic carbocycles. The predicted octanol–water partition coefficient (Wildman–Crippen LogP) is -0.0894. The van der Waals surface area contributed by atoms with Crippen molar-refractivity contribution in [3.63, 3.8) is 0 Å². The Morgan fingerprint density at radius 3 is 2.95 bits per heavy atom. The van der Waals surface area contributed by atoms with Crippen molar-refractivity contribution in [2.75, 3.05) is 13.7 Å². The van der Waals surface area contributed by atoms with Crippen LogP contribution in [0.3, 0.4) is 0 Å². The van der Waals surface area contributed by atoms with E-state index in [0.717, 1.165) is 5.69 Å². The fraction of sp³-hybridized carbons (Fsp3) is 0.455. The monoisotopic (exact) mass is 265 g/mol. The molecule has 0 radical (unpaired) electrons. The van der Waals surface area contributed by atoms with Gasteiger partial charge in [-0.05, 0) is 13.5 Å². The Balaban J connectivity index is 2.29. The Kier molecular flexibility index (Phi) is 3.91. The lowest BCUT2D eigenvalue weighted by molar-refractivity contribution is 0.0592. The van der Waals surface area contributed by atoms with E-state index in [2.05, 4.69) is 20.2 Å². The van der Waals surface area contributed by atoms with Gasteiger partial charge in [0, 0.05) is 12.5 Å². The van der Waals surface area contributed by atoms with Gasteiger partial charge in [-0.25, -0.2) is 9.48 Å². The zero-order chi connectivity index (χ0) is 13.8. The maximum Gasteiger partial charge on any atom is 0.360 e. The van der Waals surface area contributed by atoms with Gasteiger partial charge >= 0.3 is 5.97 Å². The Morgan fingerprint density at radius 2 is 2.37 bits per heavy atom. The number of hydrogen-bond donors (Lipinski definition) is 1. The van der Waals surface area contributed by atoms with E-state index in [-0.39, 0.29) is 5.69 Å². The van der Waals surface area contributed by atoms with E-state index in [0.29, 0.717) is 31.0 Å². The molecule has 8 nitrogen and oxygen atoms in total. The third-order valence-electron chi connectivity index (χ3n) is 2.58. The molecule has 2 aromatic heterocycles. The summed E-state index contributed by atoms with van der Waals surface area (Å²) in [5.41, 5.74) is 7.13. The lowest BCUT2D eigenvalue weighted by atomic mass is 10.2. The number of ether oxygens (including phenoxy) is 1. The minimum atomic E-state index is -0.525. The van der Waals surface area contributed by atoms with Gasteiger partial charge < -0.3 is 15.0 Å². The molecule has 0 aliphatic heterocycles. The zero-order valence-corrected chi connectivity index (χ0v) is 10.8. The molecule has 0 atom stereocenters. The molecule has 0 saturated heterocycles. The fourth-order valence-electron chi connectivity index (χ4n) is 1.74. The number of hydrogen-bond acceptors (Lipinski definition) is 7. The Hall–Kier alpha value is -2.22. The summed E-state index contributed by atoms with van der Waals surface area (Å²) in [6, 6.07) is 1.80. The highest BCUT2D eigenvalue weighted by Gasteiger charge is 2.20. The van der Waals surface area contributed by atoms with E-state index in [1.54, 1.807) is 10.7 Å². The van der Waals surface area contributed by atoms with E-state index in [9.17, 15) is 4.79 Å². The van der Waals surface area contributed by atoms with Crippen LogP contribution in [0.5, 0.6) is 0 Å². The normalized spacial score (nSPS) is 10.7. The molecule has 0 aliphatic rings. The fourth-order valence-corrected chi connectivity index (χ4v) is 1.74. The third-order valence-corrected chi connectivity index (χ3v) is 2.58. The van der Waals surface area contributed by atoms with Crippen LogP contribution in [0.25, 0.3) is 0 Å². The lowest BCUT2D eigenvalue weighted by Crippen LogP contribution is -2.14. The van der Waals surface area contributed by atoms with Crippen LogP contribution in [0, 0.1) is 6.92 Å². The minimum Gasteiger partial charge on any atom is -0.464 e. The molecule has 0 fully saturated rings. The molecular formula is C11H15N5O3. The lowest BCUT2D eigenvalue weighted by Gasteiger charge is -2.04. The van der Waals surface area contributed by atoms with Crippen LogP contribution in [0.1, 0.15) is 27.6 Å². The smallest absolute Gasteiger partial charge is 0.360 e. The number of esters is 1. The standard InChI is InChI=1S/C11H15N5O3/c1-7-5-8(19-14-7)6-16-9(3-4-12)10(13-15-16)11(17)18-2/h5H,3-4,6,12H2,1-2H3. The molecule has 2 heterocycles. The van der Waals surface area contributed by atoms with Crippen molar-refractivity contribution < 1.29 is 14.1 Å². The maximum atomic E-state index is 11.6. The van der Waals surface area contributed by atoms with Crippen LogP contribution in [0.4, 0.5) is 0 Å². The number of aromatic nitrogens is 4. The van der Waals surface area contributed by atoms with Gasteiger partial charge in [-0.2, -0.15) is 0 Å². The van der Waals surface area contributed by atoms with Gasteiger partial charge in [0.2, 0.25) is 0 Å². The predicted molar refractivity (Wildman–Crippen MR) is 64.5 cm³/mol. The number of carbonyl (C=O) groups is 1. The molecule has 19 heavy (non-hydrogen) atoms. The number of aryl methyl sites for hydroxylation is 1. The van der Waals surface area contributed by atoms with Crippen LogP contribution in [0.15, 0.2) is 10.6 Å². The highest BCUT2D eigenvalue weighted by molar-refractivity contribution is 5.88. The van der Waals surface area contributed by atoms with Gasteiger partial charge in [-0.3, -0.25) is 0 Å². The van der Waals surface area contributed by atoms with Crippen molar-refractivity contribution in [2.24, 2.45) is 5.73 Å². The number of nitrogens with zero attached hydrogens (tertiary/aromatic N) is 4. The molecule has 0 unspecified atom stereocenters. The molecule has 0 aromatic carbocycles. The number of methoxy groups -OCH3 is 1. The third kappa shape index (κ3) is 2.79. The first-order chi connectivity index (χ1) is 9.15. The molecule has 0 saturated carbocycles. The SMILES string of the molecule is COC(=O)c1nnn(Cc2cc(C)no2)c1CCN. The molecule has 8 heteroatoms. The van der Waals surface area contributed by atoms with E-state index < -0.39 is 5.97 Å². The van der Waals surface area contributed by atoms with E-state index >= 15 is 0 Å². The van der Waals surface area contributed by atoms with Crippen LogP contribution < -0.4 is 5.73 Å². The van der Waals surface area contributed by atoms with E-state index in [4.69, 9.17) is 10.3 Å². The van der Waals surface area contributed by atoms with Gasteiger partial charge in [0.1, 0.15) is 6.54 Å². The van der Waals surface area contributed by atoms with Crippen molar-refractivity contribution in [3.8, 4) is 0 Å². The van der Waals surface area contributed by atoms with Crippen molar-refractivity contribution in [2.45, 2.75) is 19.9 Å². The second-order valence-corrected chi connectivity index (χ2v) is 4.01. The topological polar surface area (TPSA) is 109 Å². The quantitative estimate of drug-likeness (QED) is 0.752. The number of carbonyl (C=O) groups excluding carboxylic acids is 1. The van der Waals surface area contributed by atoms with Crippen LogP contribution >= 0.6 is 0 Å². The molecule has 0 amide bonds.